The van der Waals surface area contributed by atoms with Crippen LogP contribution in [0.15, 0.2) is 0 Å². The second-order valence-corrected chi connectivity index (χ2v) is 5.81. The molecule has 0 radical (unpaired) electrons. The van der Waals surface area contributed by atoms with E-state index in [0.717, 1.165) is 32.6 Å². The lowest BCUT2D eigenvalue weighted by molar-refractivity contribution is -0.122. The second kappa shape index (κ2) is 6.53. The number of carbonyl (C=O) groups is 1. The van der Waals surface area contributed by atoms with Crippen molar-refractivity contribution in [2.24, 2.45) is 5.41 Å². The van der Waals surface area contributed by atoms with Crippen molar-refractivity contribution >= 4 is 5.91 Å². The molecule has 2 rings (SSSR count). The molecule has 1 amide bonds. The van der Waals surface area contributed by atoms with Crippen molar-refractivity contribution in [1.82, 2.24) is 10.6 Å². The molecule has 1 saturated carbocycles. The van der Waals surface area contributed by atoms with Gasteiger partial charge in [-0.2, -0.15) is 0 Å². The predicted molar refractivity (Wildman–Crippen MR) is 71.4 cm³/mol. The number of carbonyl (C=O) groups excluding carboxylic acids is 1. The van der Waals surface area contributed by atoms with Crippen molar-refractivity contribution in [2.45, 2.75) is 51.0 Å². The number of ether oxygens (including phenoxy) is 1. The summed E-state index contributed by atoms with van der Waals surface area (Å²) in [6, 6.07) is 0.405. The third-order valence-corrected chi connectivity index (χ3v) is 4.57. The Balaban J connectivity index is 1.71. The van der Waals surface area contributed by atoms with Crippen LogP contribution in [0, 0.1) is 5.41 Å². The highest BCUT2D eigenvalue weighted by Crippen LogP contribution is 2.43. The molecule has 0 unspecified atom stereocenters. The fourth-order valence-corrected chi connectivity index (χ4v) is 3.22. The first-order chi connectivity index (χ1) is 8.74. The lowest BCUT2D eigenvalue weighted by Gasteiger charge is -2.42. The molecule has 1 spiro atoms. The lowest BCUT2D eigenvalue weighted by atomic mass is 9.68. The van der Waals surface area contributed by atoms with Crippen LogP contribution >= 0.6 is 0 Å². The maximum atomic E-state index is 11.7. The van der Waals surface area contributed by atoms with Gasteiger partial charge in [-0.05, 0) is 51.0 Å². The molecule has 1 aliphatic carbocycles. The zero-order valence-corrected chi connectivity index (χ0v) is 11.5. The van der Waals surface area contributed by atoms with E-state index in [-0.39, 0.29) is 5.91 Å². The highest BCUT2D eigenvalue weighted by Gasteiger charge is 2.36. The topological polar surface area (TPSA) is 50.4 Å². The zero-order chi connectivity index (χ0) is 12.8. The van der Waals surface area contributed by atoms with Crippen molar-refractivity contribution in [2.75, 3.05) is 26.8 Å². The number of hydrogen-bond acceptors (Lipinski definition) is 3. The Labute approximate surface area is 110 Å². The normalized spacial score (nSPS) is 24.1. The van der Waals surface area contributed by atoms with Crippen molar-refractivity contribution < 1.29 is 9.53 Å². The van der Waals surface area contributed by atoms with Gasteiger partial charge in [-0.3, -0.25) is 4.79 Å². The molecule has 1 heterocycles. The average Bonchev–Trinajstić information content (AvgIpc) is 2.40. The summed E-state index contributed by atoms with van der Waals surface area (Å²) in [7, 11) is 1.88. The zero-order valence-electron chi connectivity index (χ0n) is 11.5. The molecule has 4 nitrogen and oxygen atoms in total. The van der Waals surface area contributed by atoms with Gasteiger partial charge in [0.25, 0.3) is 0 Å². The Bertz CT molecular complexity index is 265. The summed E-state index contributed by atoms with van der Waals surface area (Å²) >= 11 is 0. The Hall–Kier alpha value is -0.610. The lowest BCUT2D eigenvalue weighted by Crippen LogP contribution is -2.42. The molecule has 104 valence electrons. The van der Waals surface area contributed by atoms with Crippen LogP contribution in [-0.2, 0) is 9.53 Å². The highest BCUT2D eigenvalue weighted by molar-refractivity contribution is 5.76. The smallest absolute Gasteiger partial charge is 0.221 e. The van der Waals surface area contributed by atoms with Crippen molar-refractivity contribution in [3.8, 4) is 0 Å². The Morgan fingerprint density at radius 3 is 2.50 bits per heavy atom. The van der Waals surface area contributed by atoms with E-state index in [4.69, 9.17) is 4.74 Å². The SMILES string of the molecule is CNCCC(=O)NC1CCC2(CCOCC2)CC1. The molecular weight excluding hydrogens is 228 g/mol. The summed E-state index contributed by atoms with van der Waals surface area (Å²) in [6.45, 7) is 2.62. The van der Waals surface area contributed by atoms with Crippen LogP contribution in [0.25, 0.3) is 0 Å². The minimum absolute atomic E-state index is 0.192. The van der Waals surface area contributed by atoms with Crippen LogP contribution in [0.4, 0.5) is 0 Å². The first kappa shape index (κ1) is 13.8. The van der Waals surface area contributed by atoms with Crippen molar-refractivity contribution in [1.29, 1.82) is 0 Å². The van der Waals surface area contributed by atoms with E-state index in [1.807, 2.05) is 7.05 Å². The van der Waals surface area contributed by atoms with Gasteiger partial charge in [-0.15, -0.1) is 0 Å². The quantitative estimate of drug-likeness (QED) is 0.798. The van der Waals surface area contributed by atoms with E-state index < -0.39 is 0 Å². The molecule has 2 N–H and O–H groups in total. The fraction of sp³-hybridized carbons (Fsp3) is 0.929. The summed E-state index contributed by atoms with van der Waals surface area (Å²) in [5, 5.41) is 6.17. The molecule has 0 aromatic rings. The monoisotopic (exact) mass is 254 g/mol. The maximum Gasteiger partial charge on any atom is 0.221 e. The van der Waals surface area contributed by atoms with Crippen LogP contribution in [-0.4, -0.2) is 38.8 Å². The van der Waals surface area contributed by atoms with Gasteiger partial charge < -0.3 is 15.4 Å². The molecule has 0 atom stereocenters. The summed E-state index contributed by atoms with van der Waals surface area (Å²) in [4.78, 5) is 11.7. The minimum atomic E-state index is 0.192. The molecule has 2 aliphatic rings. The molecule has 0 bridgehead atoms. The van der Waals surface area contributed by atoms with Gasteiger partial charge in [0.1, 0.15) is 0 Å². The molecule has 4 heteroatoms. The first-order valence-electron chi connectivity index (χ1n) is 7.26. The molecule has 0 aromatic carbocycles. The molecule has 1 aliphatic heterocycles. The van der Waals surface area contributed by atoms with E-state index in [1.165, 1.54) is 25.7 Å². The molecule has 18 heavy (non-hydrogen) atoms. The number of rotatable bonds is 4. The first-order valence-corrected chi connectivity index (χ1v) is 7.26. The molecule has 0 aromatic heterocycles. The van der Waals surface area contributed by atoms with Gasteiger partial charge >= 0.3 is 0 Å². The van der Waals surface area contributed by atoms with E-state index in [1.54, 1.807) is 0 Å². The van der Waals surface area contributed by atoms with Gasteiger partial charge in [0.2, 0.25) is 5.91 Å². The van der Waals surface area contributed by atoms with Crippen LogP contribution in [0.5, 0.6) is 0 Å². The second-order valence-electron chi connectivity index (χ2n) is 5.81. The van der Waals surface area contributed by atoms with E-state index in [9.17, 15) is 4.79 Å². The van der Waals surface area contributed by atoms with Gasteiger partial charge in [-0.25, -0.2) is 0 Å². The number of nitrogens with one attached hydrogen (secondary N) is 2. The Kier molecular flexibility index (Phi) is 5.01. The van der Waals surface area contributed by atoms with Crippen LogP contribution in [0.3, 0.4) is 0 Å². The Morgan fingerprint density at radius 2 is 1.89 bits per heavy atom. The highest BCUT2D eigenvalue weighted by atomic mass is 16.5. The molecule has 2 fully saturated rings. The van der Waals surface area contributed by atoms with Crippen LogP contribution in [0.1, 0.15) is 44.9 Å². The summed E-state index contributed by atoms with van der Waals surface area (Å²) in [5.41, 5.74) is 0.532. The van der Waals surface area contributed by atoms with E-state index in [0.29, 0.717) is 17.9 Å². The van der Waals surface area contributed by atoms with Crippen molar-refractivity contribution in [3.05, 3.63) is 0 Å². The maximum absolute atomic E-state index is 11.7. The van der Waals surface area contributed by atoms with Gasteiger partial charge in [-0.1, -0.05) is 0 Å². The predicted octanol–water partition coefficient (Wildman–Crippen LogP) is 1.45. The molecule has 1 saturated heterocycles. The van der Waals surface area contributed by atoms with E-state index >= 15 is 0 Å². The van der Waals surface area contributed by atoms with Crippen LogP contribution in [0.2, 0.25) is 0 Å². The largest absolute Gasteiger partial charge is 0.381 e. The summed E-state index contributed by atoms with van der Waals surface area (Å²) < 4.78 is 5.46. The fourth-order valence-electron chi connectivity index (χ4n) is 3.22. The van der Waals surface area contributed by atoms with Gasteiger partial charge in [0.15, 0.2) is 0 Å². The van der Waals surface area contributed by atoms with Crippen molar-refractivity contribution in [3.63, 3.8) is 0 Å². The van der Waals surface area contributed by atoms with Gasteiger partial charge in [0, 0.05) is 32.2 Å². The van der Waals surface area contributed by atoms with Crippen LogP contribution < -0.4 is 10.6 Å². The molecular formula is C14H26N2O2. The average molecular weight is 254 g/mol. The standard InChI is InChI=1S/C14H26N2O2/c1-15-9-4-13(17)16-12-2-5-14(6-3-12)7-10-18-11-8-14/h12,15H,2-11H2,1H3,(H,16,17). The number of amides is 1. The van der Waals surface area contributed by atoms with Gasteiger partial charge in [0.05, 0.1) is 0 Å². The third-order valence-electron chi connectivity index (χ3n) is 4.57. The van der Waals surface area contributed by atoms with E-state index in [2.05, 4.69) is 10.6 Å². The minimum Gasteiger partial charge on any atom is -0.381 e. The summed E-state index contributed by atoms with van der Waals surface area (Å²) in [5.74, 6) is 0.192. The number of hydrogen-bond donors (Lipinski definition) is 2. The Morgan fingerprint density at radius 1 is 1.22 bits per heavy atom. The summed E-state index contributed by atoms with van der Waals surface area (Å²) in [6.07, 6.45) is 7.82. The third kappa shape index (κ3) is 3.69.